The van der Waals surface area contributed by atoms with Gasteiger partial charge < -0.3 is 20.1 Å². The summed E-state index contributed by atoms with van der Waals surface area (Å²) in [5.74, 6) is 1.18. The van der Waals surface area contributed by atoms with Crippen molar-refractivity contribution in [2.24, 2.45) is 5.92 Å². The van der Waals surface area contributed by atoms with Crippen LogP contribution in [0.2, 0.25) is 0 Å². The van der Waals surface area contributed by atoms with Gasteiger partial charge in [0, 0.05) is 13.0 Å². The largest absolute Gasteiger partial charge is 0.454 e. The van der Waals surface area contributed by atoms with Gasteiger partial charge in [-0.2, -0.15) is 0 Å². The molecule has 0 fully saturated rings. The van der Waals surface area contributed by atoms with Crippen LogP contribution < -0.4 is 20.1 Å². The Morgan fingerprint density at radius 3 is 2.67 bits per heavy atom. The fourth-order valence-electron chi connectivity index (χ4n) is 2.47. The van der Waals surface area contributed by atoms with Crippen LogP contribution in [-0.2, 0) is 16.1 Å². The number of nitrogens with one attached hydrogen (secondary N) is 2. The molecule has 1 aliphatic rings. The minimum absolute atomic E-state index is 0.0207. The van der Waals surface area contributed by atoms with E-state index in [1.807, 2.05) is 39.0 Å². The Morgan fingerprint density at radius 1 is 1.21 bits per heavy atom. The lowest BCUT2D eigenvalue weighted by Crippen LogP contribution is -2.49. The molecule has 2 amide bonds. The zero-order chi connectivity index (χ0) is 17.5. The molecule has 0 radical (unpaired) electrons. The highest BCUT2D eigenvalue weighted by Gasteiger charge is 2.24. The summed E-state index contributed by atoms with van der Waals surface area (Å²) in [5.41, 5.74) is 0.924. The van der Waals surface area contributed by atoms with Crippen molar-refractivity contribution in [1.29, 1.82) is 0 Å². The van der Waals surface area contributed by atoms with Crippen LogP contribution in [0.5, 0.6) is 11.5 Å². The third-order valence-electron chi connectivity index (χ3n) is 3.93. The van der Waals surface area contributed by atoms with Crippen LogP contribution >= 0.6 is 0 Å². The first-order valence-corrected chi connectivity index (χ1v) is 8.47. The molecule has 6 heteroatoms. The van der Waals surface area contributed by atoms with Crippen molar-refractivity contribution in [2.75, 3.05) is 6.79 Å². The van der Waals surface area contributed by atoms with Crippen LogP contribution in [-0.4, -0.2) is 24.6 Å². The van der Waals surface area contributed by atoms with E-state index in [2.05, 4.69) is 10.6 Å². The number of carbonyl (C=O) groups excluding carboxylic acids is 2. The molecule has 0 saturated heterocycles. The molecule has 1 atom stereocenters. The van der Waals surface area contributed by atoms with E-state index in [0.717, 1.165) is 18.4 Å². The number of carbonyl (C=O) groups is 2. The number of ether oxygens (including phenoxy) is 2. The van der Waals surface area contributed by atoms with Gasteiger partial charge in [-0.25, -0.2) is 0 Å². The van der Waals surface area contributed by atoms with Crippen LogP contribution in [0.3, 0.4) is 0 Å². The van der Waals surface area contributed by atoms with Crippen molar-refractivity contribution in [3.8, 4) is 11.5 Å². The Kier molecular flexibility index (Phi) is 6.46. The Balaban J connectivity index is 1.89. The SMILES string of the molecule is CCCCC(=O)N[C@@H](C(=O)NCc1ccc2c(c1)OCO2)C(C)C. The summed E-state index contributed by atoms with van der Waals surface area (Å²) in [5, 5.41) is 5.72. The van der Waals surface area contributed by atoms with Gasteiger partial charge in [0.25, 0.3) is 0 Å². The summed E-state index contributed by atoms with van der Waals surface area (Å²) in [6, 6.07) is 5.05. The predicted octanol–water partition coefficient (Wildman–Crippen LogP) is 2.36. The molecule has 0 aromatic heterocycles. The Morgan fingerprint density at radius 2 is 1.96 bits per heavy atom. The topological polar surface area (TPSA) is 76.7 Å². The molecule has 0 bridgehead atoms. The number of fused-ring (bicyclic) bond motifs is 1. The lowest BCUT2D eigenvalue weighted by molar-refractivity contribution is -0.130. The van der Waals surface area contributed by atoms with Crippen LogP contribution in [0, 0.1) is 5.92 Å². The van der Waals surface area contributed by atoms with Crippen molar-refractivity contribution in [1.82, 2.24) is 10.6 Å². The van der Waals surface area contributed by atoms with Crippen LogP contribution in [0.25, 0.3) is 0 Å². The highest BCUT2D eigenvalue weighted by molar-refractivity contribution is 5.87. The number of hydrogen-bond donors (Lipinski definition) is 2. The summed E-state index contributed by atoms with van der Waals surface area (Å²) in [4.78, 5) is 24.3. The first-order chi connectivity index (χ1) is 11.5. The van der Waals surface area contributed by atoms with E-state index in [4.69, 9.17) is 9.47 Å². The van der Waals surface area contributed by atoms with E-state index >= 15 is 0 Å². The number of amides is 2. The summed E-state index contributed by atoms with van der Waals surface area (Å²) in [7, 11) is 0. The zero-order valence-electron chi connectivity index (χ0n) is 14.6. The van der Waals surface area contributed by atoms with Crippen molar-refractivity contribution < 1.29 is 19.1 Å². The van der Waals surface area contributed by atoms with Crippen molar-refractivity contribution in [2.45, 2.75) is 52.6 Å². The van der Waals surface area contributed by atoms with Gasteiger partial charge in [-0.05, 0) is 30.0 Å². The van der Waals surface area contributed by atoms with Crippen LogP contribution in [0.1, 0.15) is 45.6 Å². The normalized spacial score (nSPS) is 13.7. The minimum atomic E-state index is -0.525. The molecule has 132 valence electrons. The van der Waals surface area contributed by atoms with Gasteiger partial charge >= 0.3 is 0 Å². The van der Waals surface area contributed by atoms with E-state index in [-0.39, 0.29) is 24.5 Å². The van der Waals surface area contributed by atoms with Crippen molar-refractivity contribution in [3.63, 3.8) is 0 Å². The average Bonchev–Trinajstić information content (AvgIpc) is 3.03. The Bertz CT molecular complexity index is 586. The zero-order valence-corrected chi connectivity index (χ0v) is 14.6. The highest BCUT2D eigenvalue weighted by atomic mass is 16.7. The molecule has 0 saturated carbocycles. The molecule has 0 aliphatic carbocycles. The highest BCUT2D eigenvalue weighted by Crippen LogP contribution is 2.32. The van der Waals surface area contributed by atoms with Gasteiger partial charge in [-0.1, -0.05) is 33.3 Å². The number of rotatable bonds is 8. The fraction of sp³-hybridized carbons (Fsp3) is 0.556. The molecular formula is C18H26N2O4. The lowest BCUT2D eigenvalue weighted by Gasteiger charge is -2.21. The molecule has 1 aromatic rings. The van der Waals surface area contributed by atoms with Gasteiger partial charge in [0.15, 0.2) is 11.5 Å². The van der Waals surface area contributed by atoms with E-state index in [9.17, 15) is 9.59 Å². The standard InChI is InChI=1S/C18H26N2O4/c1-4-5-6-16(21)20-17(12(2)3)18(22)19-10-13-7-8-14-15(9-13)24-11-23-14/h7-9,12,17H,4-6,10-11H2,1-3H3,(H,19,22)(H,20,21)/t17-/m1/s1. The van der Waals surface area contributed by atoms with Gasteiger partial charge in [-0.15, -0.1) is 0 Å². The van der Waals surface area contributed by atoms with Gasteiger partial charge in [0.2, 0.25) is 18.6 Å². The summed E-state index contributed by atoms with van der Waals surface area (Å²) >= 11 is 0. The predicted molar refractivity (Wildman–Crippen MR) is 90.7 cm³/mol. The molecule has 2 N–H and O–H groups in total. The van der Waals surface area contributed by atoms with E-state index in [1.165, 1.54) is 0 Å². The third kappa shape index (κ3) is 4.88. The molecule has 1 heterocycles. The molecule has 24 heavy (non-hydrogen) atoms. The maximum absolute atomic E-state index is 12.4. The molecule has 6 nitrogen and oxygen atoms in total. The second-order valence-electron chi connectivity index (χ2n) is 6.30. The molecule has 0 unspecified atom stereocenters. The van der Waals surface area contributed by atoms with Gasteiger partial charge in [0.1, 0.15) is 6.04 Å². The number of benzene rings is 1. The molecule has 2 rings (SSSR count). The third-order valence-corrected chi connectivity index (χ3v) is 3.93. The Hall–Kier alpha value is -2.24. The maximum Gasteiger partial charge on any atom is 0.243 e. The smallest absolute Gasteiger partial charge is 0.243 e. The second kappa shape index (κ2) is 8.57. The quantitative estimate of drug-likeness (QED) is 0.765. The first-order valence-electron chi connectivity index (χ1n) is 8.47. The van der Waals surface area contributed by atoms with Crippen molar-refractivity contribution >= 4 is 11.8 Å². The monoisotopic (exact) mass is 334 g/mol. The molecule has 1 aliphatic heterocycles. The number of hydrogen-bond acceptors (Lipinski definition) is 4. The summed E-state index contributed by atoms with van der Waals surface area (Å²) in [6.45, 7) is 6.48. The van der Waals surface area contributed by atoms with Crippen molar-refractivity contribution in [3.05, 3.63) is 23.8 Å². The van der Waals surface area contributed by atoms with E-state index in [0.29, 0.717) is 24.5 Å². The first kappa shape index (κ1) is 18.1. The second-order valence-corrected chi connectivity index (χ2v) is 6.30. The molecular weight excluding hydrogens is 308 g/mol. The molecule has 0 spiro atoms. The van der Waals surface area contributed by atoms with Crippen LogP contribution in [0.4, 0.5) is 0 Å². The minimum Gasteiger partial charge on any atom is -0.454 e. The molecule has 1 aromatic carbocycles. The van der Waals surface area contributed by atoms with Gasteiger partial charge in [0.05, 0.1) is 0 Å². The summed E-state index contributed by atoms with van der Waals surface area (Å²) in [6.07, 6.45) is 2.24. The lowest BCUT2D eigenvalue weighted by atomic mass is 10.0. The van der Waals surface area contributed by atoms with Crippen LogP contribution in [0.15, 0.2) is 18.2 Å². The fourth-order valence-corrected chi connectivity index (χ4v) is 2.47. The average molecular weight is 334 g/mol. The number of unbranched alkanes of at least 4 members (excludes halogenated alkanes) is 1. The van der Waals surface area contributed by atoms with E-state index < -0.39 is 6.04 Å². The Labute approximate surface area is 142 Å². The van der Waals surface area contributed by atoms with E-state index in [1.54, 1.807) is 0 Å². The maximum atomic E-state index is 12.4. The summed E-state index contributed by atoms with van der Waals surface area (Å²) < 4.78 is 10.6. The van der Waals surface area contributed by atoms with Gasteiger partial charge in [-0.3, -0.25) is 9.59 Å².